The second kappa shape index (κ2) is 6.49. The van der Waals surface area contributed by atoms with Gasteiger partial charge >= 0.3 is 0 Å². The Balaban J connectivity index is 1.51. The second-order valence-electron chi connectivity index (χ2n) is 6.66. The van der Waals surface area contributed by atoms with Crippen LogP contribution in [0.25, 0.3) is 11.0 Å². The molecule has 1 saturated heterocycles. The molecule has 1 aliphatic rings. The Hall–Kier alpha value is -2.80. The Morgan fingerprint density at radius 3 is 2.88 bits per heavy atom. The number of nitrogens with one attached hydrogen (secondary N) is 1. The van der Waals surface area contributed by atoms with Gasteiger partial charge in [-0.15, -0.1) is 0 Å². The van der Waals surface area contributed by atoms with Crippen LogP contribution in [0.3, 0.4) is 0 Å². The predicted octanol–water partition coefficient (Wildman–Crippen LogP) is 2.93. The van der Waals surface area contributed by atoms with E-state index in [2.05, 4.69) is 14.9 Å². The molecule has 7 heteroatoms. The molecule has 1 unspecified atom stereocenters. The van der Waals surface area contributed by atoms with Gasteiger partial charge in [-0.3, -0.25) is 9.69 Å². The van der Waals surface area contributed by atoms with E-state index in [1.807, 2.05) is 6.07 Å². The Morgan fingerprint density at radius 2 is 2.12 bits per heavy atom. The highest BCUT2D eigenvalue weighted by Crippen LogP contribution is 2.29. The van der Waals surface area contributed by atoms with E-state index in [0.29, 0.717) is 17.6 Å². The summed E-state index contributed by atoms with van der Waals surface area (Å²) in [6.45, 7) is 2.15. The summed E-state index contributed by atoms with van der Waals surface area (Å²) < 4.78 is 26.4. The third kappa shape index (κ3) is 3.06. The third-order valence-corrected chi connectivity index (χ3v) is 4.85. The van der Waals surface area contributed by atoms with Crippen LogP contribution in [-0.2, 0) is 6.54 Å². The molecule has 0 aliphatic carbocycles. The van der Waals surface area contributed by atoms with Gasteiger partial charge in [0.1, 0.15) is 11.3 Å². The van der Waals surface area contributed by atoms with Crippen LogP contribution < -0.4 is 5.73 Å². The van der Waals surface area contributed by atoms with Crippen LogP contribution in [0.5, 0.6) is 0 Å². The monoisotopic (exact) mass is 356 g/mol. The van der Waals surface area contributed by atoms with Crippen LogP contribution in [0, 0.1) is 11.6 Å². The van der Waals surface area contributed by atoms with Gasteiger partial charge in [-0.05, 0) is 42.8 Å². The lowest BCUT2D eigenvalue weighted by atomic mass is 10.1. The number of benzene rings is 2. The van der Waals surface area contributed by atoms with Crippen LogP contribution in [0.2, 0.25) is 0 Å². The number of fused-ring (bicyclic) bond motifs is 1. The number of nitrogens with zero attached hydrogens (tertiary/aromatic N) is 2. The van der Waals surface area contributed by atoms with E-state index in [9.17, 15) is 13.6 Å². The number of carbonyl (C=O) groups excluding carboxylic acids is 1. The Morgan fingerprint density at radius 1 is 1.27 bits per heavy atom. The summed E-state index contributed by atoms with van der Waals surface area (Å²) in [6.07, 6.45) is 0.898. The molecule has 2 aromatic carbocycles. The number of H-pyrrole nitrogens is 1. The lowest BCUT2D eigenvalue weighted by Gasteiger charge is -2.15. The van der Waals surface area contributed by atoms with Gasteiger partial charge in [0.25, 0.3) is 5.91 Å². The SMILES string of the molecule is NC(=O)c1cccc2[nH]c(C3CCN(Cc4ccc(F)c(F)c4)C3)nc12. The summed E-state index contributed by atoms with van der Waals surface area (Å²) in [5.41, 5.74) is 7.94. The maximum absolute atomic E-state index is 13.4. The Kier molecular flexibility index (Phi) is 4.16. The number of amides is 1. The van der Waals surface area contributed by atoms with Crippen molar-refractivity contribution in [3.05, 3.63) is 65.0 Å². The summed E-state index contributed by atoms with van der Waals surface area (Å²) in [5, 5.41) is 0. The molecule has 134 valence electrons. The van der Waals surface area contributed by atoms with Crippen LogP contribution in [0.1, 0.15) is 34.1 Å². The molecule has 1 atom stereocenters. The van der Waals surface area contributed by atoms with Gasteiger partial charge in [0, 0.05) is 19.0 Å². The summed E-state index contributed by atoms with van der Waals surface area (Å²) in [6, 6.07) is 9.30. The van der Waals surface area contributed by atoms with Crippen LogP contribution in [-0.4, -0.2) is 33.9 Å². The van der Waals surface area contributed by atoms with Gasteiger partial charge in [0.2, 0.25) is 0 Å². The fourth-order valence-corrected chi connectivity index (χ4v) is 3.54. The van der Waals surface area contributed by atoms with Crippen molar-refractivity contribution in [1.82, 2.24) is 14.9 Å². The molecule has 26 heavy (non-hydrogen) atoms. The highest BCUT2D eigenvalue weighted by molar-refractivity contribution is 6.04. The first kappa shape index (κ1) is 16.7. The first-order valence-corrected chi connectivity index (χ1v) is 8.46. The smallest absolute Gasteiger partial charge is 0.250 e. The predicted molar refractivity (Wildman–Crippen MR) is 93.6 cm³/mol. The average molecular weight is 356 g/mol. The molecule has 1 fully saturated rings. The fourth-order valence-electron chi connectivity index (χ4n) is 3.54. The van der Waals surface area contributed by atoms with Gasteiger partial charge in [-0.2, -0.15) is 0 Å². The van der Waals surface area contributed by atoms with E-state index in [-0.39, 0.29) is 5.92 Å². The van der Waals surface area contributed by atoms with Crippen LogP contribution in [0.15, 0.2) is 36.4 Å². The standard InChI is InChI=1S/C19H18F2N4O/c20-14-5-4-11(8-15(14)21)9-25-7-6-12(10-25)19-23-16-3-1-2-13(18(22)26)17(16)24-19/h1-5,8,12H,6-7,9-10H2,(H2,22,26)(H,23,24). The summed E-state index contributed by atoms with van der Waals surface area (Å²) in [7, 11) is 0. The molecule has 0 spiro atoms. The molecule has 3 aromatic rings. The topological polar surface area (TPSA) is 75.0 Å². The summed E-state index contributed by atoms with van der Waals surface area (Å²) >= 11 is 0. The minimum atomic E-state index is -0.833. The Bertz CT molecular complexity index is 985. The molecule has 1 amide bonds. The molecule has 4 rings (SSSR count). The number of aromatic amines is 1. The fraction of sp³-hybridized carbons (Fsp3) is 0.263. The van der Waals surface area contributed by atoms with E-state index in [1.54, 1.807) is 18.2 Å². The lowest BCUT2D eigenvalue weighted by molar-refractivity contribution is 0.100. The number of hydrogen-bond acceptors (Lipinski definition) is 3. The minimum Gasteiger partial charge on any atom is -0.366 e. The molecular weight excluding hydrogens is 338 g/mol. The van der Waals surface area contributed by atoms with Gasteiger partial charge in [0.15, 0.2) is 11.6 Å². The van der Waals surface area contributed by atoms with Crippen molar-refractivity contribution in [2.45, 2.75) is 18.9 Å². The second-order valence-corrected chi connectivity index (χ2v) is 6.66. The number of imidazole rings is 1. The van der Waals surface area contributed by atoms with Crippen LogP contribution in [0.4, 0.5) is 8.78 Å². The average Bonchev–Trinajstić information content (AvgIpc) is 3.24. The van der Waals surface area contributed by atoms with E-state index in [4.69, 9.17) is 5.73 Å². The maximum atomic E-state index is 13.4. The van der Waals surface area contributed by atoms with Crippen molar-refractivity contribution in [3.63, 3.8) is 0 Å². The maximum Gasteiger partial charge on any atom is 0.250 e. The largest absolute Gasteiger partial charge is 0.366 e. The first-order chi connectivity index (χ1) is 12.5. The zero-order valence-corrected chi connectivity index (χ0v) is 14.0. The molecule has 5 nitrogen and oxygen atoms in total. The van der Waals surface area contributed by atoms with E-state index < -0.39 is 17.5 Å². The number of carbonyl (C=O) groups is 1. The number of para-hydroxylation sites is 1. The number of halogens is 2. The van der Waals surface area contributed by atoms with Gasteiger partial charge in [0.05, 0.1) is 11.1 Å². The molecule has 0 saturated carbocycles. The van der Waals surface area contributed by atoms with Gasteiger partial charge in [-0.25, -0.2) is 13.8 Å². The minimum absolute atomic E-state index is 0.188. The van der Waals surface area contributed by atoms with Crippen LogP contribution >= 0.6 is 0 Å². The summed E-state index contributed by atoms with van der Waals surface area (Å²) in [5.74, 6) is -1.15. The van der Waals surface area contributed by atoms with E-state index in [1.165, 1.54) is 6.07 Å². The number of primary amides is 1. The Labute approximate surface area is 148 Å². The van der Waals surface area contributed by atoms with Crippen molar-refractivity contribution in [1.29, 1.82) is 0 Å². The van der Waals surface area contributed by atoms with Crippen molar-refractivity contribution in [2.75, 3.05) is 13.1 Å². The highest BCUT2D eigenvalue weighted by atomic mass is 19.2. The molecule has 1 aromatic heterocycles. The molecular formula is C19H18F2N4O. The van der Waals surface area contributed by atoms with Crippen molar-refractivity contribution >= 4 is 16.9 Å². The molecule has 1 aliphatic heterocycles. The summed E-state index contributed by atoms with van der Waals surface area (Å²) in [4.78, 5) is 21.6. The number of likely N-dealkylation sites (tertiary alicyclic amines) is 1. The quantitative estimate of drug-likeness (QED) is 0.755. The number of hydrogen-bond donors (Lipinski definition) is 2. The normalized spacial score (nSPS) is 17.8. The lowest BCUT2D eigenvalue weighted by Crippen LogP contribution is -2.20. The van der Waals surface area contributed by atoms with Crippen molar-refractivity contribution in [2.24, 2.45) is 5.73 Å². The molecule has 3 N–H and O–H groups in total. The van der Waals surface area contributed by atoms with Gasteiger partial charge < -0.3 is 10.7 Å². The number of rotatable bonds is 4. The first-order valence-electron chi connectivity index (χ1n) is 8.46. The highest BCUT2D eigenvalue weighted by Gasteiger charge is 2.27. The number of nitrogens with two attached hydrogens (primary N) is 1. The molecule has 0 radical (unpaired) electrons. The van der Waals surface area contributed by atoms with Crippen molar-refractivity contribution < 1.29 is 13.6 Å². The molecule has 2 heterocycles. The van der Waals surface area contributed by atoms with Crippen molar-refractivity contribution in [3.8, 4) is 0 Å². The zero-order chi connectivity index (χ0) is 18.3. The molecule has 0 bridgehead atoms. The van der Waals surface area contributed by atoms with Gasteiger partial charge in [-0.1, -0.05) is 12.1 Å². The zero-order valence-electron chi connectivity index (χ0n) is 14.0. The number of aromatic nitrogens is 2. The third-order valence-electron chi connectivity index (χ3n) is 4.85. The van der Waals surface area contributed by atoms with E-state index >= 15 is 0 Å². The van der Waals surface area contributed by atoms with E-state index in [0.717, 1.165) is 42.5 Å².